The molecule has 4 nitrogen and oxygen atoms in total. The van der Waals surface area contributed by atoms with Crippen LogP contribution in [0.5, 0.6) is 0 Å². The monoisotopic (exact) mass is 512 g/mol. The Morgan fingerprint density at radius 2 is 1.68 bits per heavy atom. The molecule has 1 aromatic heterocycles. The fourth-order valence-corrected chi connectivity index (χ4v) is 5.86. The number of carbonyl (C=O) groups excluding carboxylic acids is 1. The Morgan fingerprint density at radius 3 is 2.35 bits per heavy atom. The number of aromatic nitrogens is 1. The van der Waals surface area contributed by atoms with Crippen molar-refractivity contribution >= 4 is 17.7 Å². The average Bonchev–Trinajstić information content (AvgIpc) is 3.47. The van der Waals surface area contributed by atoms with Crippen LogP contribution in [0.4, 0.5) is 9.18 Å². The summed E-state index contributed by atoms with van der Waals surface area (Å²) in [4.78, 5) is 19.4. The molecule has 3 aromatic carbocycles. The van der Waals surface area contributed by atoms with E-state index in [-0.39, 0.29) is 23.2 Å². The van der Waals surface area contributed by atoms with Crippen molar-refractivity contribution in [3.63, 3.8) is 0 Å². The number of fused-ring (bicyclic) bond motifs is 3. The minimum Gasteiger partial charge on any atom is -0.448 e. The smallest absolute Gasteiger partial charge is 0.409 e. The molecule has 186 valence electrons. The highest BCUT2D eigenvalue weighted by Gasteiger charge is 2.39. The Balaban J connectivity index is 1.17. The van der Waals surface area contributed by atoms with Gasteiger partial charge in [0, 0.05) is 30.0 Å². The fourth-order valence-electron chi connectivity index (χ4n) is 5.65. The van der Waals surface area contributed by atoms with Crippen LogP contribution in [0.3, 0.4) is 0 Å². The van der Waals surface area contributed by atoms with E-state index < -0.39 is 0 Å². The zero-order chi connectivity index (χ0) is 25.6. The number of likely N-dealkylation sites (tertiary alicyclic amines) is 1. The molecule has 0 N–H and O–H groups in total. The van der Waals surface area contributed by atoms with Gasteiger partial charge in [0.1, 0.15) is 17.6 Å². The third-order valence-corrected chi connectivity index (χ3v) is 7.89. The van der Waals surface area contributed by atoms with Gasteiger partial charge < -0.3 is 9.64 Å². The number of halogens is 2. The maximum atomic E-state index is 13.4. The van der Waals surface area contributed by atoms with E-state index in [1.54, 1.807) is 17.0 Å². The van der Waals surface area contributed by atoms with Crippen LogP contribution in [-0.4, -0.2) is 35.7 Å². The van der Waals surface area contributed by atoms with Gasteiger partial charge in [0.25, 0.3) is 0 Å². The number of rotatable bonds is 4. The average molecular weight is 513 g/mol. The van der Waals surface area contributed by atoms with E-state index in [0.29, 0.717) is 30.5 Å². The van der Waals surface area contributed by atoms with E-state index in [4.69, 9.17) is 16.3 Å². The van der Waals surface area contributed by atoms with Gasteiger partial charge in [0.15, 0.2) is 0 Å². The zero-order valence-corrected chi connectivity index (χ0v) is 21.2. The summed E-state index contributed by atoms with van der Waals surface area (Å²) in [6.07, 6.45) is 0.477. The molecule has 2 aliphatic rings. The third-order valence-electron chi connectivity index (χ3n) is 7.70. The molecule has 0 spiro atoms. The summed E-state index contributed by atoms with van der Waals surface area (Å²) < 4.78 is 19.3. The van der Waals surface area contributed by atoms with Crippen molar-refractivity contribution in [3.05, 3.63) is 113 Å². The van der Waals surface area contributed by atoms with Gasteiger partial charge in [-0.3, -0.25) is 0 Å². The first-order valence-corrected chi connectivity index (χ1v) is 12.8. The molecule has 0 saturated carbocycles. The molecule has 4 aromatic rings. The highest BCUT2D eigenvalue weighted by molar-refractivity contribution is 6.29. The predicted molar refractivity (Wildman–Crippen MR) is 143 cm³/mol. The molecule has 6 rings (SSSR count). The SMILES string of the molecule is CC1(c2cc(Cl)nc(-c3ccc(F)cc3)c2)CCN(C(=O)OCC2c3ccccc3-c3ccccc32)C1. The van der Waals surface area contributed by atoms with Gasteiger partial charge in [-0.25, -0.2) is 14.2 Å². The third kappa shape index (κ3) is 4.38. The lowest BCUT2D eigenvalue weighted by molar-refractivity contribution is 0.106. The van der Waals surface area contributed by atoms with Gasteiger partial charge >= 0.3 is 6.09 Å². The summed E-state index contributed by atoms with van der Waals surface area (Å²) in [5, 5.41) is 0.373. The maximum absolute atomic E-state index is 13.4. The largest absolute Gasteiger partial charge is 0.448 e. The topological polar surface area (TPSA) is 42.4 Å². The Labute approximate surface area is 220 Å². The molecule has 0 bridgehead atoms. The minimum atomic E-state index is -0.301. The van der Waals surface area contributed by atoms with Crippen LogP contribution in [0.2, 0.25) is 5.15 Å². The fraction of sp³-hybridized carbons (Fsp3) is 0.226. The molecule has 1 fully saturated rings. The van der Waals surface area contributed by atoms with Crippen molar-refractivity contribution in [1.82, 2.24) is 9.88 Å². The Hall–Kier alpha value is -3.70. The van der Waals surface area contributed by atoms with Crippen LogP contribution >= 0.6 is 11.6 Å². The molecule has 1 aliphatic carbocycles. The molecule has 6 heteroatoms. The first-order valence-electron chi connectivity index (χ1n) is 12.5. The quantitative estimate of drug-likeness (QED) is 0.267. The van der Waals surface area contributed by atoms with Gasteiger partial charge in [0.05, 0.1) is 5.69 Å². The molecular formula is C31H26ClFN2O2. The number of hydrogen-bond donors (Lipinski definition) is 0. The number of pyridine rings is 1. The van der Waals surface area contributed by atoms with Crippen molar-refractivity contribution < 1.29 is 13.9 Å². The van der Waals surface area contributed by atoms with Crippen LogP contribution in [0.25, 0.3) is 22.4 Å². The van der Waals surface area contributed by atoms with Crippen molar-refractivity contribution in [2.75, 3.05) is 19.7 Å². The number of benzene rings is 3. The molecular weight excluding hydrogens is 487 g/mol. The highest BCUT2D eigenvalue weighted by atomic mass is 35.5. The summed E-state index contributed by atoms with van der Waals surface area (Å²) in [5.74, 6) is -0.268. The molecule has 37 heavy (non-hydrogen) atoms. The van der Waals surface area contributed by atoms with Crippen LogP contribution < -0.4 is 0 Å². The molecule has 1 saturated heterocycles. The summed E-state index contributed by atoms with van der Waals surface area (Å²) in [7, 11) is 0. The summed E-state index contributed by atoms with van der Waals surface area (Å²) in [5.41, 5.74) is 6.99. The van der Waals surface area contributed by atoms with Crippen molar-refractivity contribution in [2.45, 2.75) is 24.7 Å². The maximum Gasteiger partial charge on any atom is 0.409 e. The van der Waals surface area contributed by atoms with E-state index in [1.807, 2.05) is 36.4 Å². The number of hydrogen-bond acceptors (Lipinski definition) is 3. The molecule has 0 radical (unpaired) electrons. The van der Waals surface area contributed by atoms with E-state index >= 15 is 0 Å². The molecule has 1 atom stereocenters. The normalized spacial score (nSPS) is 18.5. The van der Waals surface area contributed by atoms with E-state index in [0.717, 1.165) is 17.5 Å². The Morgan fingerprint density at radius 1 is 1.03 bits per heavy atom. The Kier molecular flexibility index (Phi) is 5.96. The number of ether oxygens (including phenoxy) is 1. The van der Waals surface area contributed by atoms with Crippen molar-refractivity contribution in [1.29, 1.82) is 0 Å². The van der Waals surface area contributed by atoms with Gasteiger partial charge in [0.2, 0.25) is 0 Å². The van der Waals surface area contributed by atoms with Gasteiger partial charge in [-0.1, -0.05) is 67.1 Å². The first-order chi connectivity index (χ1) is 17.9. The summed E-state index contributed by atoms with van der Waals surface area (Å²) in [6, 6.07) is 26.7. The highest BCUT2D eigenvalue weighted by Crippen LogP contribution is 2.45. The second kappa shape index (κ2) is 9.31. The van der Waals surface area contributed by atoms with Crippen LogP contribution in [0.1, 0.15) is 36.0 Å². The molecule has 1 amide bonds. The second-order valence-corrected chi connectivity index (χ2v) is 10.5. The lowest BCUT2D eigenvalue weighted by Gasteiger charge is -2.26. The van der Waals surface area contributed by atoms with E-state index in [1.165, 1.54) is 34.4 Å². The first kappa shape index (κ1) is 23.7. The number of carbonyl (C=O) groups is 1. The number of amides is 1. The molecule has 1 unspecified atom stereocenters. The van der Waals surface area contributed by atoms with Gasteiger partial charge in [-0.15, -0.1) is 0 Å². The van der Waals surface area contributed by atoms with E-state index in [9.17, 15) is 9.18 Å². The summed E-state index contributed by atoms with van der Waals surface area (Å²) in [6.45, 7) is 3.55. The summed E-state index contributed by atoms with van der Waals surface area (Å²) >= 11 is 6.39. The molecule has 2 heterocycles. The number of nitrogens with zero attached hydrogens (tertiary/aromatic N) is 2. The van der Waals surface area contributed by atoms with E-state index in [2.05, 4.69) is 36.2 Å². The standard InChI is InChI=1S/C31H26ClFN2O2/c1-31(21-16-28(34-29(32)17-21)20-10-12-22(33)13-11-20)14-15-35(19-31)30(36)37-18-27-25-8-4-2-6-23(25)24-7-3-5-9-26(24)27/h2-13,16-17,27H,14-15,18-19H2,1H3. The lowest BCUT2D eigenvalue weighted by Crippen LogP contribution is -2.34. The van der Waals surface area contributed by atoms with Crippen LogP contribution in [0.15, 0.2) is 84.9 Å². The van der Waals surface area contributed by atoms with Crippen LogP contribution in [0, 0.1) is 5.82 Å². The minimum absolute atomic E-state index is 0.0302. The zero-order valence-electron chi connectivity index (χ0n) is 20.5. The van der Waals surface area contributed by atoms with Gasteiger partial charge in [-0.05, 0) is 70.6 Å². The van der Waals surface area contributed by atoms with Crippen LogP contribution in [-0.2, 0) is 10.2 Å². The van der Waals surface area contributed by atoms with Crippen molar-refractivity contribution in [2.24, 2.45) is 0 Å². The lowest BCUT2D eigenvalue weighted by atomic mass is 9.81. The Bertz CT molecular complexity index is 1440. The molecule has 1 aliphatic heterocycles. The van der Waals surface area contributed by atoms with Gasteiger partial charge in [-0.2, -0.15) is 0 Å². The van der Waals surface area contributed by atoms with Crippen molar-refractivity contribution in [3.8, 4) is 22.4 Å². The predicted octanol–water partition coefficient (Wildman–Crippen LogP) is 7.45. The second-order valence-electron chi connectivity index (χ2n) is 10.1.